The molecule has 0 aromatic heterocycles. The molecule has 5 heteroatoms. The molecule has 0 bridgehead atoms. The number of alkyl halides is 1. The molecule has 0 radical (unpaired) electrons. The molecule has 13 heavy (non-hydrogen) atoms. The summed E-state index contributed by atoms with van der Waals surface area (Å²) in [5.41, 5.74) is 0.729. The van der Waals surface area contributed by atoms with Crippen LogP contribution in [0.15, 0.2) is 23.1 Å². The van der Waals surface area contributed by atoms with Crippen LogP contribution in [0.2, 0.25) is 5.02 Å². The highest BCUT2D eigenvalue weighted by Gasteiger charge is 2.12. The lowest BCUT2D eigenvalue weighted by atomic mass is 10.2. The highest BCUT2D eigenvalue weighted by atomic mass is 35.5. The number of sulfone groups is 1. The Hall–Kier alpha value is -0.250. The molecule has 1 aromatic carbocycles. The highest BCUT2D eigenvalue weighted by molar-refractivity contribution is 7.92. The van der Waals surface area contributed by atoms with Gasteiger partial charge in [0.2, 0.25) is 0 Å². The maximum Gasteiger partial charge on any atom is 0.192 e. The Bertz CT molecular complexity index is 412. The molecular formula is C8H8Cl2O2S. The van der Waals surface area contributed by atoms with E-state index in [1.54, 1.807) is 13.0 Å². The predicted molar refractivity (Wildman–Crippen MR) is 54.1 cm³/mol. The Kier molecular flexibility index (Phi) is 3.22. The second-order valence-corrected chi connectivity index (χ2v) is 5.62. The summed E-state index contributed by atoms with van der Waals surface area (Å²) < 4.78 is 22.6. The smallest absolute Gasteiger partial charge is 0.192 e. The standard InChI is InChI=1S/C8H8Cl2O2S/c1-6-4-7(2-3-8(6)10)13(11,12)5-9/h2-4H,5H2,1H3. The van der Waals surface area contributed by atoms with Crippen molar-refractivity contribution in [2.75, 3.05) is 5.21 Å². The van der Waals surface area contributed by atoms with Crippen molar-refractivity contribution < 1.29 is 8.42 Å². The quantitative estimate of drug-likeness (QED) is 0.743. The molecule has 1 aromatic rings. The summed E-state index contributed by atoms with van der Waals surface area (Å²) in [7, 11) is -3.33. The molecule has 0 N–H and O–H groups in total. The molecule has 0 heterocycles. The molecule has 2 nitrogen and oxygen atoms in total. The van der Waals surface area contributed by atoms with Crippen molar-refractivity contribution in [1.29, 1.82) is 0 Å². The van der Waals surface area contributed by atoms with Crippen LogP contribution < -0.4 is 0 Å². The van der Waals surface area contributed by atoms with Crippen molar-refractivity contribution in [3.05, 3.63) is 28.8 Å². The van der Waals surface area contributed by atoms with Gasteiger partial charge in [-0.3, -0.25) is 0 Å². The van der Waals surface area contributed by atoms with Crippen molar-refractivity contribution in [2.45, 2.75) is 11.8 Å². The van der Waals surface area contributed by atoms with Crippen molar-refractivity contribution in [3.8, 4) is 0 Å². The third-order valence-corrected chi connectivity index (χ3v) is 4.18. The summed E-state index contributed by atoms with van der Waals surface area (Å²) >= 11 is 11.0. The summed E-state index contributed by atoms with van der Waals surface area (Å²) in [6.45, 7) is 1.75. The highest BCUT2D eigenvalue weighted by Crippen LogP contribution is 2.20. The van der Waals surface area contributed by atoms with Gasteiger partial charge in [-0.25, -0.2) is 8.42 Å². The molecule has 0 spiro atoms. The summed E-state index contributed by atoms with van der Waals surface area (Å²) in [6, 6.07) is 4.52. The Morgan fingerprint density at radius 2 is 2.00 bits per heavy atom. The zero-order valence-corrected chi connectivity index (χ0v) is 9.25. The molecular weight excluding hydrogens is 231 g/mol. The van der Waals surface area contributed by atoms with Gasteiger partial charge in [-0.15, -0.1) is 11.6 Å². The molecule has 0 aliphatic heterocycles. The monoisotopic (exact) mass is 238 g/mol. The minimum atomic E-state index is -3.33. The average molecular weight is 239 g/mol. The topological polar surface area (TPSA) is 34.1 Å². The van der Waals surface area contributed by atoms with Gasteiger partial charge in [0.1, 0.15) is 5.21 Å². The number of rotatable bonds is 2. The lowest BCUT2D eigenvalue weighted by Gasteiger charge is -2.02. The van der Waals surface area contributed by atoms with E-state index in [4.69, 9.17) is 23.2 Å². The van der Waals surface area contributed by atoms with Gasteiger partial charge in [-0.05, 0) is 30.7 Å². The Morgan fingerprint density at radius 1 is 1.38 bits per heavy atom. The van der Waals surface area contributed by atoms with Gasteiger partial charge in [-0.1, -0.05) is 11.6 Å². The first-order valence-electron chi connectivity index (χ1n) is 3.52. The summed E-state index contributed by atoms with van der Waals surface area (Å²) in [5, 5.41) is 0.141. The second kappa shape index (κ2) is 3.86. The summed E-state index contributed by atoms with van der Waals surface area (Å²) in [6.07, 6.45) is 0. The van der Waals surface area contributed by atoms with Gasteiger partial charge in [0.15, 0.2) is 9.84 Å². The first-order valence-corrected chi connectivity index (χ1v) is 6.09. The molecule has 0 saturated carbocycles. The van der Waals surface area contributed by atoms with Crippen molar-refractivity contribution in [3.63, 3.8) is 0 Å². The Labute approximate surface area is 87.4 Å². The zero-order valence-electron chi connectivity index (χ0n) is 6.92. The fraction of sp³-hybridized carbons (Fsp3) is 0.250. The molecule has 0 aliphatic carbocycles. The van der Waals surface area contributed by atoms with E-state index in [-0.39, 0.29) is 4.90 Å². The molecule has 72 valence electrons. The third-order valence-electron chi connectivity index (χ3n) is 1.63. The van der Waals surface area contributed by atoms with Crippen LogP contribution in [0.3, 0.4) is 0 Å². The fourth-order valence-electron chi connectivity index (χ4n) is 0.874. The van der Waals surface area contributed by atoms with E-state index in [9.17, 15) is 8.42 Å². The van der Waals surface area contributed by atoms with E-state index in [1.165, 1.54) is 12.1 Å². The van der Waals surface area contributed by atoms with E-state index in [1.807, 2.05) is 0 Å². The van der Waals surface area contributed by atoms with Gasteiger partial charge < -0.3 is 0 Å². The van der Waals surface area contributed by atoms with Crippen LogP contribution in [0.4, 0.5) is 0 Å². The maximum absolute atomic E-state index is 11.3. The lowest BCUT2D eigenvalue weighted by molar-refractivity contribution is 0.600. The van der Waals surface area contributed by atoms with Gasteiger partial charge in [0.25, 0.3) is 0 Å². The first kappa shape index (κ1) is 10.8. The number of hydrogen-bond acceptors (Lipinski definition) is 2. The van der Waals surface area contributed by atoms with Crippen LogP contribution in [-0.2, 0) is 9.84 Å². The minimum absolute atomic E-state index is 0.212. The van der Waals surface area contributed by atoms with E-state index in [0.717, 1.165) is 5.56 Å². The Balaban J connectivity index is 3.27. The average Bonchev–Trinajstić information content (AvgIpc) is 2.09. The molecule has 0 atom stereocenters. The number of halogens is 2. The lowest BCUT2D eigenvalue weighted by Crippen LogP contribution is -2.01. The molecule has 0 fully saturated rings. The van der Waals surface area contributed by atoms with Crippen LogP contribution >= 0.6 is 23.2 Å². The van der Waals surface area contributed by atoms with E-state index in [0.29, 0.717) is 5.02 Å². The second-order valence-electron chi connectivity index (χ2n) is 2.63. The van der Waals surface area contributed by atoms with E-state index < -0.39 is 15.0 Å². The van der Waals surface area contributed by atoms with Crippen molar-refractivity contribution in [1.82, 2.24) is 0 Å². The van der Waals surface area contributed by atoms with E-state index in [2.05, 4.69) is 0 Å². The summed E-state index contributed by atoms with van der Waals surface area (Å²) in [4.78, 5) is 0.212. The first-order chi connectivity index (χ1) is 5.97. The van der Waals surface area contributed by atoms with Gasteiger partial charge in [0, 0.05) is 5.02 Å². The summed E-state index contributed by atoms with van der Waals surface area (Å²) in [5.74, 6) is 0. The minimum Gasteiger partial charge on any atom is -0.222 e. The molecule has 0 saturated heterocycles. The fourth-order valence-corrected chi connectivity index (χ4v) is 2.13. The number of benzene rings is 1. The van der Waals surface area contributed by atoms with Crippen LogP contribution in [-0.4, -0.2) is 13.6 Å². The van der Waals surface area contributed by atoms with Crippen molar-refractivity contribution >= 4 is 33.0 Å². The maximum atomic E-state index is 11.3. The predicted octanol–water partition coefficient (Wildman–Crippen LogP) is 2.62. The van der Waals surface area contributed by atoms with E-state index >= 15 is 0 Å². The normalized spacial score (nSPS) is 11.6. The zero-order chi connectivity index (χ0) is 10.1. The van der Waals surface area contributed by atoms with Crippen LogP contribution in [0, 0.1) is 6.92 Å². The Morgan fingerprint density at radius 3 is 2.46 bits per heavy atom. The van der Waals surface area contributed by atoms with Gasteiger partial charge in [-0.2, -0.15) is 0 Å². The van der Waals surface area contributed by atoms with Crippen LogP contribution in [0.25, 0.3) is 0 Å². The molecule has 0 unspecified atom stereocenters. The van der Waals surface area contributed by atoms with Crippen LogP contribution in [0.5, 0.6) is 0 Å². The SMILES string of the molecule is Cc1cc(S(=O)(=O)CCl)ccc1Cl. The molecule has 0 amide bonds. The third kappa shape index (κ3) is 2.36. The van der Waals surface area contributed by atoms with Gasteiger partial charge in [0.05, 0.1) is 4.90 Å². The van der Waals surface area contributed by atoms with Crippen molar-refractivity contribution in [2.24, 2.45) is 0 Å². The number of hydrogen-bond donors (Lipinski definition) is 0. The largest absolute Gasteiger partial charge is 0.222 e. The number of aryl methyl sites for hydroxylation is 1. The van der Waals surface area contributed by atoms with Gasteiger partial charge >= 0.3 is 0 Å². The molecule has 0 aliphatic rings. The van der Waals surface area contributed by atoms with Crippen LogP contribution in [0.1, 0.15) is 5.56 Å². The molecule has 1 rings (SSSR count).